The molecular formula is C20H23F3N2O4S. The van der Waals surface area contributed by atoms with Crippen LogP contribution >= 0.6 is 0 Å². The molecule has 3 rings (SSSR count). The topological polar surface area (TPSA) is 59.1 Å². The van der Waals surface area contributed by atoms with Crippen molar-refractivity contribution in [1.82, 2.24) is 9.21 Å². The number of halogens is 3. The fourth-order valence-electron chi connectivity index (χ4n) is 3.31. The lowest BCUT2D eigenvalue weighted by molar-refractivity contribution is -0.137. The lowest BCUT2D eigenvalue weighted by Gasteiger charge is -2.34. The number of rotatable bonds is 6. The second-order valence-electron chi connectivity index (χ2n) is 6.89. The molecule has 2 aromatic carbocycles. The Balaban J connectivity index is 1.66. The van der Waals surface area contributed by atoms with Crippen LogP contribution in [-0.2, 0) is 22.7 Å². The van der Waals surface area contributed by atoms with Gasteiger partial charge in [-0.25, -0.2) is 8.42 Å². The van der Waals surface area contributed by atoms with E-state index in [0.29, 0.717) is 25.4 Å². The Hall–Kier alpha value is -2.30. The molecule has 0 aromatic heterocycles. The number of hydrogen-bond acceptors (Lipinski definition) is 5. The van der Waals surface area contributed by atoms with E-state index >= 15 is 0 Å². The number of nitrogens with zero attached hydrogens (tertiary/aromatic N) is 2. The second kappa shape index (κ2) is 8.83. The summed E-state index contributed by atoms with van der Waals surface area (Å²) in [6.07, 6.45) is -4.36. The van der Waals surface area contributed by atoms with Gasteiger partial charge in [0, 0.05) is 38.8 Å². The number of hydrogen-bond donors (Lipinski definition) is 0. The maximum Gasteiger partial charge on any atom is 0.416 e. The Morgan fingerprint density at radius 1 is 0.933 bits per heavy atom. The van der Waals surface area contributed by atoms with E-state index in [1.54, 1.807) is 12.1 Å². The molecular weight excluding hydrogens is 421 g/mol. The minimum absolute atomic E-state index is 0.0422. The normalized spacial score (nSPS) is 16.4. The van der Waals surface area contributed by atoms with Gasteiger partial charge in [-0.05, 0) is 29.8 Å². The number of ether oxygens (including phenoxy) is 2. The third kappa shape index (κ3) is 4.88. The van der Waals surface area contributed by atoms with Crippen molar-refractivity contribution in [3.63, 3.8) is 0 Å². The van der Waals surface area contributed by atoms with Crippen molar-refractivity contribution >= 4 is 10.0 Å². The highest BCUT2D eigenvalue weighted by Crippen LogP contribution is 2.31. The van der Waals surface area contributed by atoms with Crippen LogP contribution in [0.3, 0.4) is 0 Å². The third-order valence-corrected chi connectivity index (χ3v) is 6.93. The molecule has 10 heteroatoms. The third-order valence-electron chi connectivity index (χ3n) is 5.01. The lowest BCUT2D eigenvalue weighted by atomic mass is 10.1. The van der Waals surface area contributed by atoms with Crippen LogP contribution < -0.4 is 9.47 Å². The van der Waals surface area contributed by atoms with E-state index in [9.17, 15) is 21.6 Å². The van der Waals surface area contributed by atoms with E-state index in [4.69, 9.17) is 9.47 Å². The second-order valence-corrected chi connectivity index (χ2v) is 8.80. The van der Waals surface area contributed by atoms with E-state index in [0.717, 1.165) is 17.7 Å². The molecule has 0 radical (unpaired) electrons. The van der Waals surface area contributed by atoms with E-state index in [2.05, 4.69) is 0 Å². The van der Waals surface area contributed by atoms with Crippen LogP contribution in [0.5, 0.6) is 11.5 Å². The highest BCUT2D eigenvalue weighted by atomic mass is 32.2. The standard InChI is InChI=1S/C20H23F3N2O4S/c1-28-17-7-8-18(29-2)19(13-17)30(26,27)25-11-9-24(10-12-25)14-15-3-5-16(6-4-15)20(21,22)23/h3-8,13H,9-12,14H2,1-2H3. The van der Waals surface area contributed by atoms with E-state index in [1.807, 2.05) is 4.90 Å². The van der Waals surface area contributed by atoms with Gasteiger partial charge in [-0.3, -0.25) is 4.90 Å². The number of benzene rings is 2. The summed E-state index contributed by atoms with van der Waals surface area (Å²) in [7, 11) is -0.917. The molecule has 1 aliphatic heterocycles. The van der Waals surface area contributed by atoms with Gasteiger partial charge >= 0.3 is 6.18 Å². The van der Waals surface area contributed by atoms with Gasteiger partial charge in [-0.1, -0.05) is 12.1 Å². The quantitative estimate of drug-likeness (QED) is 0.685. The van der Waals surface area contributed by atoms with Gasteiger partial charge in [0.2, 0.25) is 10.0 Å². The number of sulfonamides is 1. The summed E-state index contributed by atoms with van der Waals surface area (Å²) in [6.45, 7) is 1.92. The van der Waals surface area contributed by atoms with Crippen molar-refractivity contribution in [3.05, 3.63) is 53.6 Å². The Bertz CT molecular complexity index is 971. The van der Waals surface area contributed by atoms with Crippen LogP contribution in [0, 0.1) is 0 Å². The fourth-order valence-corrected chi connectivity index (χ4v) is 4.90. The monoisotopic (exact) mass is 444 g/mol. The Kier molecular flexibility index (Phi) is 6.59. The molecule has 0 amide bonds. The molecule has 2 aromatic rings. The maximum absolute atomic E-state index is 13.1. The smallest absolute Gasteiger partial charge is 0.416 e. The zero-order valence-electron chi connectivity index (χ0n) is 16.6. The van der Waals surface area contributed by atoms with Crippen molar-refractivity contribution in [2.45, 2.75) is 17.6 Å². The molecule has 0 saturated carbocycles. The highest BCUT2D eigenvalue weighted by molar-refractivity contribution is 7.89. The van der Waals surface area contributed by atoms with Crippen LogP contribution in [0.1, 0.15) is 11.1 Å². The zero-order valence-corrected chi connectivity index (χ0v) is 17.5. The molecule has 1 heterocycles. The summed E-state index contributed by atoms with van der Waals surface area (Å²) in [5.41, 5.74) is 0.0585. The Morgan fingerprint density at radius 3 is 2.10 bits per heavy atom. The number of piperazine rings is 1. The van der Waals surface area contributed by atoms with Crippen LogP contribution in [0.25, 0.3) is 0 Å². The summed E-state index contributed by atoms with van der Waals surface area (Å²) in [6, 6.07) is 9.63. The summed E-state index contributed by atoms with van der Waals surface area (Å²) in [5.74, 6) is 0.651. The molecule has 0 aliphatic carbocycles. The minimum atomic E-state index is -4.36. The molecule has 1 fully saturated rings. The highest BCUT2D eigenvalue weighted by Gasteiger charge is 2.32. The molecule has 6 nitrogen and oxygen atoms in total. The molecule has 0 bridgehead atoms. The molecule has 1 aliphatic rings. The average Bonchev–Trinajstić information content (AvgIpc) is 2.73. The number of methoxy groups -OCH3 is 2. The van der Waals surface area contributed by atoms with Gasteiger partial charge in [0.1, 0.15) is 16.4 Å². The molecule has 0 spiro atoms. The summed E-state index contributed by atoms with van der Waals surface area (Å²) < 4.78 is 76.0. The Labute approximate surface area is 173 Å². The van der Waals surface area contributed by atoms with Gasteiger partial charge in [0.25, 0.3) is 0 Å². The van der Waals surface area contributed by atoms with Crippen molar-refractivity contribution in [3.8, 4) is 11.5 Å². The first-order chi connectivity index (χ1) is 14.1. The van der Waals surface area contributed by atoms with Crippen LogP contribution in [-0.4, -0.2) is 58.0 Å². The molecule has 0 N–H and O–H groups in total. The van der Waals surface area contributed by atoms with Crippen molar-refractivity contribution < 1.29 is 31.1 Å². The van der Waals surface area contributed by atoms with E-state index in [-0.39, 0.29) is 23.7 Å². The maximum atomic E-state index is 13.1. The van der Waals surface area contributed by atoms with Gasteiger partial charge < -0.3 is 9.47 Å². The van der Waals surface area contributed by atoms with Crippen molar-refractivity contribution in [2.24, 2.45) is 0 Å². The summed E-state index contributed by atoms with van der Waals surface area (Å²) >= 11 is 0. The van der Waals surface area contributed by atoms with E-state index in [1.165, 1.54) is 36.7 Å². The molecule has 30 heavy (non-hydrogen) atoms. The first-order valence-electron chi connectivity index (χ1n) is 9.26. The van der Waals surface area contributed by atoms with Crippen LogP contribution in [0.2, 0.25) is 0 Å². The molecule has 0 atom stereocenters. The zero-order chi connectivity index (χ0) is 21.9. The van der Waals surface area contributed by atoms with Gasteiger partial charge in [-0.15, -0.1) is 0 Å². The summed E-state index contributed by atoms with van der Waals surface area (Å²) in [4.78, 5) is 2.05. The SMILES string of the molecule is COc1ccc(OC)c(S(=O)(=O)N2CCN(Cc3ccc(C(F)(F)F)cc3)CC2)c1. The Morgan fingerprint density at radius 2 is 1.57 bits per heavy atom. The first kappa shape index (κ1) is 22.4. The van der Waals surface area contributed by atoms with Crippen molar-refractivity contribution in [2.75, 3.05) is 40.4 Å². The predicted molar refractivity (Wildman–Crippen MR) is 105 cm³/mol. The largest absolute Gasteiger partial charge is 0.497 e. The van der Waals surface area contributed by atoms with Gasteiger partial charge in [0.15, 0.2) is 0 Å². The molecule has 0 unspecified atom stereocenters. The minimum Gasteiger partial charge on any atom is -0.497 e. The van der Waals surface area contributed by atoms with Crippen molar-refractivity contribution in [1.29, 1.82) is 0 Å². The van der Waals surface area contributed by atoms with Gasteiger partial charge in [-0.2, -0.15) is 17.5 Å². The summed E-state index contributed by atoms with van der Waals surface area (Å²) in [5, 5.41) is 0. The van der Waals surface area contributed by atoms with Crippen LogP contribution in [0.15, 0.2) is 47.4 Å². The fraction of sp³-hybridized carbons (Fsp3) is 0.400. The van der Waals surface area contributed by atoms with E-state index < -0.39 is 21.8 Å². The first-order valence-corrected chi connectivity index (χ1v) is 10.7. The molecule has 1 saturated heterocycles. The number of alkyl halides is 3. The lowest BCUT2D eigenvalue weighted by Crippen LogP contribution is -2.48. The van der Waals surface area contributed by atoms with Gasteiger partial charge in [0.05, 0.1) is 19.8 Å². The predicted octanol–water partition coefficient (Wildman–Crippen LogP) is 3.23. The molecule has 164 valence electrons. The average molecular weight is 444 g/mol. The van der Waals surface area contributed by atoms with Crippen LogP contribution in [0.4, 0.5) is 13.2 Å².